The Bertz CT molecular complexity index is 3510. The van der Waals surface area contributed by atoms with E-state index in [4.69, 9.17) is 19.9 Å². The summed E-state index contributed by atoms with van der Waals surface area (Å²) < 4.78 is 2.29. The first kappa shape index (κ1) is 36.1. The Hall–Kier alpha value is -8.54. The summed E-state index contributed by atoms with van der Waals surface area (Å²) in [6, 6.07) is 79.9. The number of hydrogen-bond acceptors (Lipinski definition) is 4. The molecule has 0 saturated heterocycles. The molecule has 2 aliphatic carbocycles. The Morgan fingerprint density at radius 2 is 0.750 bits per heavy atom. The molecule has 0 amide bonds. The van der Waals surface area contributed by atoms with Gasteiger partial charge >= 0.3 is 0 Å². The van der Waals surface area contributed by atoms with Crippen molar-refractivity contribution < 1.29 is 0 Å². The molecule has 5 heteroatoms. The quantitative estimate of drug-likeness (QED) is 0.168. The van der Waals surface area contributed by atoms with Crippen LogP contribution in [0.4, 0.5) is 0 Å². The largest absolute Gasteiger partial charge is 0.292 e. The average Bonchev–Trinajstić information content (AvgIpc) is 4.01. The summed E-state index contributed by atoms with van der Waals surface area (Å²) in [6.07, 6.45) is 0. The van der Waals surface area contributed by atoms with Crippen molar-refractivity contribution >= 4 is 11.0 Å². The van der Waals surface area contributed by atoms with Gasteiger partial charge in [0.05, 0.1) is 16.4 Å². The second-order valence-electron chi connectivity index (χ2n) is 16.6. The van der Waals surface area contributed by atoms with Crippen LogP contribution in [-0.2, 0) is 5.41 Å². The molecule has 0 bridgehead atoms. The molecule has 0 atom stereocenters. The first-order valence-electron chi connectivity index (χ1n) is 21.7. The minimum absolute atomic E-state index is 0.583. The minimum Gasteiger partial charge on any atom is -0.292 e. The fourth-order valence-corrected chi connectivity index (χ4v) is 10.3. The van der Waals surface area contributed by atoms with Crippen molar-refractivity contribution in [2.24, 2.45) is 0 Å². The number of hydrogen-bond donors (Lipinski definition) is 0. The number of benzene rings is 9. The Morgan fingerprint density at radius 3 is 1.38 bits per heavy atom. The monoisotopic (exact) mass is 815 g/mol. The van der Waals surface area contributed by atoms with Crippen LogP contribution in [0.15, 0.2) is 224 Å². The molecule has 5 nitrogen and oxygen atoms in total. The maximum absolute atomic E-state index is 5.18. The fraction of sp³-hybridized carbons (Fsp3) is 0.0169. The highest BCUT2D eigenvalue weighted by Crippen LogP contribution is 2.63. The minimum atomic E-state index is -0.583. The van der Waals surface area contributed by atoms with Gasteiger partial charge in [-0.1, -0.05) is 188 Å². The van der Waals surface area contributed by atoms with Crippen molar-refractivity contribution in [3.8, 4) is 84.6 Å². The third kappa shape index (κ3) is 5.44. The van der Waals surface area contributed by atoms with Gasteiger partial charge in [0.1, 0.15) is 5.82 Å². The van der Waals surface area contributed by atoms with E-state index in [0.717, 1.165) is 55.9 Å². The molecule has 2 aromatic heterocycles. The molecule has 11 aromatic rings. The Kier molecular flexibility index (Phi) is 8.06. The van der Waals surface area contributed by atoms with Crippen molar-refractivity contribution in [2.75, 3.05) is 0 Å². The zero-order valence-corrected chi connectivity index (χ0v) is 34.6. The predicted octanol–water partition coefficient (Wildman–Crippen LogP) is 13.9. The van der Waals surface area contributed by atoms with E-state index in [0.29, 0.717) is 17.5 Å². The number of rotatable bonds is 6. The lowest BCUT2D eigenvalue weighted by atomic mass is 9.70. The van der Waals surface area contributed by atoms with Gasteiger partial charge < -0.3 is 0 Å². The van der Waals surface area contributed by atoms with Gasteiger partial charge in [-0.15, -0.1) is 0 Å². The molecular formula is C59H37N5. The molecule has 0 unspecified atom stereocenters. The van der Waals surface area contributed by atoms with E-state index in [1.807, 2.05) is 36.4 Å². The maximum Gasteiger partial charge on any atom is 0.164 e. The lowest BCUT2D eigenvalue weighted by Crippen LogP contribution is -2.26. The van der Waals surface area contributed by atoms with Gasteiger partial charge in [-0.25, -0.2) is 19.9 Å². The van der Waals surface area contributed by atoms with Crippen LogP contribution in [0.3, 0.4) is 0 Å². The molecule has 0 aliphatic heterocycles. The van der Waals surface area contributed by atoms with Gasteiger partial charge in [0.25, 0.3) is 0 Å². The van der Waals surface area contributed by atoms with Crippen LogP contribution in [0.25, 0.3) is 95.7 Å². The second-order valence-corrected chi connectivity index (χ2v) is 16.6. The van der Waals surface area contributed by atoms with Crippen molar-refractivity contribution in [2.45, 2.75) is 5.41 Å². The molecule has 13 rings (SSSR count). The molecule has 2 heterocycles. The summed E-state index contributed by atoms with van der Waals surface area (Å²) in [5.41, 5.74) is 18.7. The highest BCUT2D eigenvalue weighted by Gasteiger charge is 2.51. The van der Waals surface area contributed by atoms with Crippen LogP contribution >= 0.6 is 0 Å². The van der Waals surface area contributed by atoms with Gasteiger partial charge in [-0.2, -0.15) is 0 Å². The van der Waals surface area contributed by atoms with E-state index in [-0.39, 0.29) is 0 Å². The summed E-state index contributed by atoms with van der Waals surface area (Å²) in [5, 5.41) is 0. The van der Waals surface area contributed by atoms with Crippen LogP contribution in [0.2, 0.25) is 0 Å². The summed E-state index contributed by atoms with van der Waals surface area (Å²) >= 11 is 0. The lowest BCUT2D eigenvalue weighted by Gasteiger charge is -2.31. The summed E-state index contributed by atoms with van der Waals surface area (Å²) in [4.78, 5) is 20.5. The van der Waals surface area contributed by atoms with Gasteiger partial charge in [-0.3, -0.25) is 4.57 Å². The average molecular weight is 816 g/mol. The zero-order chi connectivity index (χ0) is 42.2. The third-order valence-electron chi connectivity index (χ3n) is 13.1. The molecule has 0 N–H and O–H groups in total. The topological polar surface area (TPSA) is 56.5 Å². The van der Waals surface area contributed by atoms with Crippen molar-refractivity contribution in [3.63, 3.8) is 0 Å². The van der Waals surface area contributed by atoms with E-state index in [1.54, 1.807) is 0 Å². The normalized spacial score (nSPS) is 12.8. The van der Waals surface area contributed by atoms with Crippen molar-refractivity contribution in [3.05, 3.63) is 247 Å². The Balaban J connectivity index is 1.02. The molecule has 1 spiro atoms. The van der Waals surface area contributed by atoms with Crippen molar-refractivity contribution in [1.29, 1.82) is 0 Å². The highest BCUT2D eigenvalue weighted by molar-refractivity contribution is 5.97. The first-order chi connectivity index (χ1) is 31.7. The smallest absolute Gasteiger partial charge is 0.164 e. The predicted molar refractivity (Wildman–Crippen MR) is 258 cm³/mol. The van der Waals surface area contributed by atoms with Crippen LogP contribution < -0.4 is 0 Å². The molecule has 64 heavy (non-hydrogen) atoms. The molecule has 0 radical (unpaired) electrons. The van der Waals surface area contributed by atoms with Crippen LogP contribution in [0.1, 0.15) is 22.3 Å². The molecule has 298 valence electrons. The van der Waals surface area contributed by atoms with Gasteiger partial charge in [0, 0.05) is 27.9 Å². The van der Waals surface area contributed by atoms with E-state index in [1.165, 1.54) is 44.5 Å². The lowest BCUT2D eigenvalue weighted by molar-refractivity contribution is 0.794. The number of para-hydroxylation sites is 2. The molecule has 9 aromatic carbocycles. The molecule has 0 fully saturated rings. The molecule has 0 saturated carbocycles. The van der Waals surface area contributed by atoms with Crippen LogP contribution in [0, 0.1) is 0 Å². The number of nitrogens with zero attached hydrogens (tertiary/aromatic N) is 5. The van der Waals surface area contributed by atoms with Gasteiger partial charge in [0.2, 0.25) is 0 Å². The summed E-state index contributed by atoms with van der Waals surface area (Å²) in [7, 11) is 0. The van der Waals surface area contributed by atoms with Crippen molar-refractivity contribution in [1.82, 2.24) is 24.5 Å². The Morgan fingerprint density at radius 1 is 0.297 bits per heavy atom. The number of fused-ring (bicyclic) bond motifs is 11. The van der Waals surface area contributed by atoms with E-state index < -0.39 is 5.41 Å². The van der Waals surface area contributed by atoms with Gasteiger partial charge in [-0.05, 0) is 92.0 Å². The second kappa shape index (κ2) is 14.3. The standard InChI is InChI=1S/C59H37N5/c1-4-17-38(18-5-1)55-61-56(39-19-6-2-7-20-39)63-57(62-55)43-32-34-48-47-33-31-42(36-51(47)59(52(48)37-43)49-27-12-10-25-45(49)46-26-11-13-28-50(46)59)41-23-16-24-44(35-41)64-54-30-15-14-29-53(54)60-58(64)40-21-8-3-9-22-40/h1-37H. The number of aromatic nitrogens is 5. The van der Waals surface area contributed by atoms with E-state index >= 15 is 0 Å². The zero-order valence-electron chi connectivity index (χ0n) is 34.6. The molecule has 2 aliphatic rings. The van der Waals surface area contributed by atoms with E-state index in [2.05, 4.69) is 193 Å². The summed E-state index contributed by atoms with van der Waals surface area (Å²) in [5.74, 6) is 2.85. The summed E-state index contributed by atoms with van der Waals surface area (Å²) in [6.45, 7) is 0. The highest BCUT2D eigenvalue weighted by atomic mass is 15.1. The molecular weight excluding hydrogens is 779 g/mol. The Labute approximate surface area is 370 Å². The SMILES string of the molecule is c1ccc(-c2nc(-c3ccccc3)nc(-c3ccc4c(c3)C3(c5ccccc5-c5ccccc53)c3cc(-c5cccc(-n6c(-c7ccccc7)nc7ccccc76)c5)ccc3-4)n2)cc1. The van der Waals surface area contributed by atoms with E-state index in [9.17, 15) is 0 Å². The maximum atomic E-state index is 5.18. The van der Waals surface area contributed by atoms with Gasteiger partial charge in [0.15, 0.2) is 17.5 Å². The number of imidazole rings is 1. The third-order valence-corrected chi connectivity index (χ3v) is 13.1. The fourth-order valence-electron chi connectivity index (χ4n) is 10.3. The van der Waals surface area contributed by atoms with Crippen LogP contribution in [0.5, 0.6) is 0 Å². The van der Waals surface area contributed by atoms with Crippen LogP contribution in [-0.4, -0.2) is 24.5 Å². The first-order valence-corrected chi connectivity index (χ1v) is 21.7.